The maximum absolute atomic E-state index is 12.8. The summed E-state index contributed by atoms with van der Waals surface area (Å²) in [5.41, 5.74) is -0.981. The van der Waals surface area contributed by atoms with Gasteiger partial charge in [0.15, 0.2) is 11.5 Å². The van der Waals surface area contributed by atoms with Gasteiger partial charge in [-0.05, 0) is 31.0 Å². The fourth-order valence-electron chi connectivity index (χ4n) is 2.71. The van der Waals surface area contributed by atoms with Crippen molar-refractivity contribution in [3.05, 3.63) is 42.1 Å². The first-order valence-electron chi connectivity index (χ1n) is 7.19. The molecule has 0 bridgehead atoms. The van der Waals surface area contributed by atoms with Crippen molar-refractivity contribution in [3.8, 4) is 0 Å². The SMILES string of the molecule is O=C(CC1CCCN1c1nccc(C(F)(F)F)n1)c1ccco1. The number of hydrogen-bond acceptors (Lipinski definition) is 5. The van der Waals surface area contributed by atoms with Crippen LogP contribution in [0.4, 0.5) is 19.1 Å². The van der Waals surface area contributed by atoms with Crippen LogP contribution in [0.25, 0.3) is 0 Å². The van der Waals surface area contributed by atoms with Crippen LogP contribution in [0.1, 0.15) is 35.5 Å². The van der Waals surface area contributed by atoms with E-state index in [0.717, 1.165) is 18.7 Å². The number of carbonyl (C=O) groups is 1. The van der Waals surface area contributed by atoms with Crippen molar-refractivity contribution in [3.63, 3.8) is 0 Å². The monoisotopic (exact) mass is 325 g/mol. The van der Waals surface area contributed by atoms with E-state index in [9.17, 15) is 18.0 Å². The predicted molar refractivity (Wildman–Crippen MR) is 75.1 cm³/mol. The Balaban J connectivity index is 1.78. The van der Waals surface area contributed by atoms with Crippen LogP contribution < -0.4 is 4.90 Å². The van der Waals surface area contributed by atoms with Gasteiger partial charge in [0, 0.05) is 25.2 Å². The summed E-state index contributed by atoms with van der Waals surface area (Å²) in [6.45, 7) is 0.525. The highest BCUT2D eigenvalue weighted by molar-refractivity contribution is 5.94. The normalized spacial score (nSPS) is 18.4. The Hall–Kier alpha value is -2.38. The molecule has 0 saturated carbocycles. The zero-order valence-corrected chi connectivity index (χ0v) is 12.1. The van der Waals surface area contributed by atoms with E-state index >= 15 is 0 Å². The molecule has 0 aromatic carbocycles. The van der Waals surface area contributed by atoms with Crippen LogP contribution in [0.2, 0.25) is 0 Å². The molecule has 1 saturated heterocycles. The second kappa shape index (κ2) is 6.02. The molecule has 2 aromatic heterocycles. The molecular formula is C15H14F3N3O2. The Morgan fingerprint density at radius 2 is 2.22 bits per heavy atom. The van der Waals surface area contributed by atoms with Crippen LogP contribution in [0.15, 0.2) is 35.1 Å². The first kappa shape index (κ1) is 15.5. The summed E-state index contributed by atoms with van der Waals surface area (Å²) in [6, 6.07) is 3.80. The average Bonchev–Trinajstić information content (AvgIpc) is 3.18. The molecule has 0 aliphatic carbocycles. The first-order chi connectivity index (χ1) is 10.9. The van der Waals surface area contributed by atoms with Crippen LogP contribution in [0.5, 0.6) is 0 Å². The van der Waals surface area contributed by atoms with Gasteiger partial charge in [-0.2, -0.15) is 13.2 Å². The first-order valence-corrected chi connectivity index (χ1v) is 7.19. The molecule has 1 atom stereocenters. The molecule has 23 heavy (non-hydrogen) atoms. The van der Waals surface area contributed by atoms with Gasteiger partial charge in [0.25, 0.3) is 0 Å². The Kier molecular flexibility index (Phi) is 4.06. The maximum Gasteiger partial charge on any atom is 0.433 e. The van der Waals surface area contributed by atoms with Crippen molar-refractivity contribution >= 4 is 11.7 Å². The fraction of sp³-hybridized carbons (Fsp3) is 0.400. The molecule has 3 heterocycles. The van der Waals surface area contributed by atoms with Gasteiger partial charge in [-0.1, -0.05) is 0 Å². The highest BCUT2D eigenvalue weighted by Gasteiger charge is 2.35. The standard InChI is InChI=1S/C15H14F3N3O2/c16-15(17,18)13-5-6-19-14(20-13)21-7-1-3-10(21)9-11(22)12-4-2-8-23-12/h2,4-6,8,10H,1,3,7,9H2. The quantitative estimate of drug-likeness (QED) is 0.807. The highest BCUT2D eigenvalue weighted by Crippen LogP contribution is 2.30. The summed E-state index contributed by atoms with van der Waals surface area (Å²) >= 11 is 0. The third-order valence-corrected chi connectivity index (χ3v) is 3.78. The molecule has 5 nitrogen and oxygen atoms in total. The van der Waals surface area contributed by atoms with E-state index < -0.39 is 11.9 Å². The van der Waals surface area contributed by atoms with Crippen molar-refractivity contribution in [1.29, 1.82) is 0 Å². The lowest BCUT2D eigenvalue weighted by Gasteiger charge is -2.24. The molecule has 1 aliphatic heterocycles. The second-order valence-electron chi connectivity index (χ2n) is 5.33. The van der Waals surface area contributed by atoms with E-state index in [0.29, 0.717) is 13.0 Å². The summed E-state index contributed by atoms with van der Waals surface area (Å²) in [5.74, 6) is 0.0789. The van der Waals surface area contributed by atoms with Crippen molar-refractivity contribution in [1.82, 2.24) is 9.97 Å². The molecule has 0 amide bonds. The Labute approximate surface area is 130 Å². The Morgan fingerprint density at radius 1 is 1.39 bits per heavy atom. The smallest absolute Gasteiger partial charge is 0.433 e. The van der Waals surface area contributed by atoms with E-state index in [4.69, 9.17) is 4.42 Å². The molecule has 122 valence electrons. The van der Waals surface area contributed by atoms with Gasteiger partial charge < -0.3 is 9.32 Å². The third kappa shape index (κ3) is 3.35. The number of furan rings is 1. The lowest BCUT2D eigenvalue weighted by molar-refractivity contribution is -0.141. The summed E-state index contributed by atoms with van der Waals surface area (Å²) in [5, 5.41) is 0. The lowest BCUT2D eigenvalue weighted by Crippen LogP contribution is -2.33. The molecule has 2 aromatic rings. The minimum atomic E-state index is -4.52. The van der Waals surface area contributed by atoms with Crippen molar-refractivity contribution < 1.29 is 22.4 Å². The Bertz CT molecular complexity index is 686. The summed E-state index contributed by atoms with van der Waals surface area (Å²) in [7, 11) is 0. The van der Waals surface area contributed by atoms with Gasteiger partial charge in [-0.15, -0.1) is 0 Å². The van der Waals surface area contributed by atoms with Crippen LogP contribution in [0, 0.1) is 0 Å². The molecule has 1 aliphatic rings. The van der Waals surface area contributed by atoms with Crippen molar-refractivity contribution in [2.75, 3.05) is 11.4 Å². The molecule has 0 radical (unpaired) electrons. The molecule has 1 unspecified atom stereocenters. The van der Waals surface area contributed by atoms with Gasteiger partial charge in [-0.25, -0.2) is 9.97 Å². The minimum absolute atomic E-state index is 0.00886. The van der Waals surface area contributed by atoms with Gasteiger partial charge in [-0.3, -0.25) is 4.79 Å². The van der Waals surface area contributed by atoms with E-state index in [1.807, 2.05) is 0 Å². The zero-order chi connectivity index (χ0) is 16.4. The van der Waals surface area contributed by atoms with Gasteiger partial charge in [0.2, 0.25) is 5.95 Å². The average molecular weight is 325 g/mol. The van der Waals surface area contributed by atoms with Crippen LogP contribution in [-0.2, 0) is 6.18 Å². The maximum atomic E-state index is 12.8. The van der Waals surface area contributed by atoms with E-state index in [1.54, 1.807) is 17.0 Å². The molecule has 0 spiro atoms. The van der Waals surface area contributed by atoms with Crippen LogP contribution >= 0.6 is 0 Å². The summed E-state index contributed by atoms with van der Waals surface area (Å²) in [6.07, 6.45) is -0.379. The molecular weight excluding hydrogens is 311 g/mol. The van der Waals surface area contributed by atoms with Gasteiger partial charge >= 0.3 is 6.18 Å². The number of hydrogen-bond donors (Lipinski definition) is 0. The lowest BCUT2D eigenvalue weighted by atomic mass is 10.1. The number of halogens is 3. The topological polar surface area (TPSA) is 59.2 Å². The van der Waals surface area contributed by atoms with Gasteiger partial charge in [0.05, 0.1) is 6.26 Å². The molecule has 3 rings (SSSR count). The minimum Gasteiger partial charge on any atom is -0.461 e. The number of carbonyl (C=O) groups excluding carboxylic acids is 1. The van der Waals surface area contributed by atoms with E-state index in [-0.39, 0.29) is 30.0 Å². The number of nitrogens with zero attached hydrogens (tertiary/aromatic N) is 3. The third-order valence-electron chi connectivity index (χ3n) is 3.78. The number of alkyl halides is 3. The second-order valence-corrected chi connectivity index (χ2v) is 5.33. The largest absolute Gasteiger partial charge is 0.461 e. The number of rotatable bonds is 4. The van der Waals surface area contributed by atoms with Crippen LogP contribution in [-0.4, -0.2) is 28.3 Å². The molecule has 1 fully saturated rings. The number of anilines is 1. The summed E-state index contributed by atoms with van der Waals surface area (Å²) < 4.78 is 43.4. The molecule has 0 N–H and O–H groups in total. The van der Waals surface area contributed by atoms with E-state index in [1.165, 1.54) is 6.26 Å². The zero-order valence-electron chi connectivity index (χ0n) is 12.1. The summed E-state index contributed by atoms with van der Waals surface area (Å²) in [4.78, 5) is 21.3. The Morgan fingerprint density at radius 3 is 2.91 bits per heavy atom. The molecule has 8 heteroatoms. The predicted octanol–water partition coefficient (Wildman–Crippen LogP) is 3.33. The van der Waals surface area contributed by atoms with Crippen LogP contribution in [0.3, 0.4) is 0 Å². The van der Waals surface area contributed by atoms with E-state index in [2.05, 4.69) is 9.97 Å². The highest BCUT2D eigenvalue weighted by atomic mass is 19.4. The van der Waals surface area contributed by atoms with Crippen molar-refractivity contribution in [2.24, 2.45) is 0 Å². The number of aromatic nitrogens is 2. The van der Waals surface area contributed by atoms with Gasteiger partial charge in [0.1, 0.15) is 5.69 Å². The fourth-order valence-corrected chi connectivity index (χ4v) is 2.71. The number of ketones is 1. The van der Waals surface area contributed by atoms with Crippen molar-refractivity contribution in [2.45, 2.75) is 31.5 Å². The number of Topliss-reactive ketones (excluding diaryl/α,β-unsaturated/α-hetero) is 1.